The fourth-order valence-corrected chi connectivity index (χ4v) is 3.39. The first-order chi connectivity index (χ1) is 14.4. The van der Waals surface area contributed by atoms with E-state index >= 15 is 0 Å². The molecule has 158 valence electrons. The first kappa shape index (κ1) is 21.7. The minimum absolute atomic E-state index is 0.000837. The van der Waals surface area contributed by atoms with E-state index in [4.69, 9.17) is 9.47 Å². The van der Waals surface area contributed by atoms with Gasteiger partial charge in [0, 0.05) is 0 Å². The molecule has 0 heterocycles. The molecule has 3 aromatic rings. The van der Waals surface area contributed by atoms with Crippen LogP contribution < -0.4 is 14.8 Å². The summed E-state index contributed by atoms with van der Waals surface area (Å²) >= 11 is 0. The smallest absolute Gasteiger partial charge is 0.261 e. The minimum atomic E-state index is -0.534. The van der Waals surface area contributed by atoms with Crippen LogP contribution in [-0.4, -0.2) is 25.2 Å². The molecule has 0 aliphatic rings. The van der Waals surface area contributed by atoms with Crippen LogP contribution in [0.25, 0.3) is 10.8 Å². The molecular formula is C26H31NO3. The standard InChI is InChI=1S/C26H31NO3/c1-5-23(30-21-15-14-19-10-6-7-11-20(19)18-21)25(28)27-16-17-29-24-13-9-8-12-22(24)26(2,3)4/h6-15,18,23H,5,16-17H2,1-4H3,(H,27,28)/t23-/m0/s1. The van der Waals surface area contributed by atoms with Gasteiger partial charge < -0.3 is 14.8 Å². The Kier molecular flexibility index (Phi) is 6.99. The van der Waals surface area contributed by atoms with Gasteiger partial charge in [0.25, 0.3) is 5.91 Å². The summed E-state index contributed by atoms with van der Waals surface area (Å²) in [6.07, 6.45) is 0.0554. The predicted molar refractivity (Wildman–Crippen MR) is 122 cm³/mol. The van der Waals surface area contributed by atoms with Crippen molar-refractivity contribution in [1.82, 2.24) is 5.32 Å². The monoisotopic (exact) mass is 405 g/mol. The lowest BCUT2D eigenvalue weighted by molar-refractivity contribution is -0.128. The predicted octanol–water partition coefficient (Wildman–Crippen LogP) is 5.49. The molecule has 4 nitrogen and oxygen atoms in total. The minimum Gasteiger partial charge on any atom is -0.491 e. The van der Waals surface area contributed by atoms with Crippen molar-refractivity contribution in [2.45, 2.75) is 45.6 Å². The maximum Gasteiger partial charge on any atom is 0.261 e. The van der Waals surface area contributed by atoms with Gasteiger partial charge in [0.1, 0.15) is 18.1 Å². The quantitative estimate of drug-likeness (QED) is 0.504. The molecule has 0 aromatic heterocycles. The molecule has 0 saturated heterocycles. The number of hydrogen-bond acceptors (Lipinski definition) is 3. The summed E-state index contributed by atoms with van der Waals surface area (Å²) in [7, 11) is 0. The Labute approximate surface area is 179 Å². The first-order valence-electron chi connectivity index (χ1n) is 10.5. The summed E-state index contributed by atoms with van der Waals surface area (Å²) < 4.78 is 11.9. The summed E-state index contributed by atoms with van der Waals surface area (Å²) in [6.45, 7) is 9.26. The first-order valence-corrected chi connectivity index (χ1v) is 10.5. The Balaban J connectivity index is 1.53. The van der Waals surface area contributed by atoms with Crippen LogP contribution in [0.15, 0.2) is 66.7 Å². The molecule has 0 bridgehead atoms. The fraction of sp³-hybridized carbons (Fsp3) is 0.346. The summed E-state index contributed by atoms with van der Waals surface area (Å²) in [6, 6.07) is 22.0. The van der Waals surface area contributed by atoms with Gasteiger partial charge >= 0.3 is 0 Å². The van der Waals surface area contributed by atoms with E-state index < -0.39 is 6.10 Å². The SMILES string of the molecule is CC[C@H](Oc1ccc2ccccc2c1)C(=O)NCCOc1ccccc1C(C)(C)C. The highest BCUT2D eigenvalue weighted by Crippen LogP contribution is 2.30. The van der Waals surface area contributed by atoms with Gasteiger partial charge in [0.05, 0.1) is 6.54 Å². The van der Waals surface area contributed by atoms with Crippen molar-refractivity contribution < 1.29 is 14.3 Å². The number of carbonyl (C=O) groups is 1. The molecule has 0 aliphatic carbocycles. The molecule has 1 N–H and O–H groups in total. The zero-order valence-corrected chi connectivity index (χ0v) is 18.3. The van der Waals surface area contributed by atoms with E-state index in [9.17, 15) is 4.79 Å². The van der Waals surface area contributed by atoms with Crippen LogP contribution in [0.1, 0.15) is 39.7 Å². The van der Waals surface area contributed by atoms with Crippen LogP contribution in [-0.2, 0) is 10.2 Å². The summed E-state index contributed by atoms with van der Waals surface area (Å²) in [5.41, 5.74) is 1.16. The highest BCUT2D eigenvalue weighted by Gasteiger charge is 2.20. The molecule has 3 aromatic carbocycles. The lowest BCUT2D eigenvalue weighted by Crippen LogP contribution is -2.39. The summed E-state index contributed by atoms with van der Waals surface area (Å²) in [5.74, 6) is 1.43. The molecule has 1 atom stereocenters. The summed E-state index contributed by atoms with van der Waals surface area (Å²) in [4.78, 5) is 12.6. The van der Waals surface area contributed by atoms with Crippen molar-refractivity contribution in [3.05, 3.63) is 72.3 Å². The number of fused-ring (bicyclic) bond motifs is 1. The van der Waals surface area contributed by atoms with Gasteiger partial charge in [-0.2, -0.15) is 0 Å². The van der Waals surface area contributed by atoms with Gasteiger partial charge in [-0.25, -0.2) is 0 Å². The molecule has 1 amide bonds. The molecule has 4 heteroatoms. The number of amides is 1. The molecular weight excluding hydrogens is 374 g/mol. The van der Waals surface area contributed by atoms with E-state index in [1.165, 1.54) is 0 Å². The van der Waals surface area contributed by atoms with Crippen LogP contribution in [0.3, 0.4) is 0 Å². The number of nitrogens with one attached hydrogen (secondary N) is 1. The van der Waals surface area contributed by atoms with Crippen molar-refractivity contribution in [1.29, 1.82) is 0 Å². The van der Waals surface area contributed by atoms with Gasteiger partial charge in [-0.1, -0.05) is 76.2 Å². The van der Waals surface area contributed by atoms with Crippen molar-refractivity contribution in [3.63, 3.8) is 0 Å². The van der Waals surface area contributed by atoms with E-state index in [0.29, 0.717) is 25.3 Å². The van der Waals surface area contributed by atoms with Gasteiger partial charge in [0.15, 0.2) is 6.10 Å². The number of para-hydroxylation sites is 1. The Morgan fingerprint density at radius 2 is 1.67 bits per heavy atom. The third-order valence-corrected chi connectivity index (χ3v) is 5.02. The molecule has 30 heavy (non-hydrogen) atoms. The zero-order chi connectivity index (χ0) is 21.6. The van der Waals surface area contributed by atoms with E-state index in [-0.39, 0.29) is 11.3 Å². The van der Waals surface area contributed by atoms with E-state index in [1.54, 1.807) is 0 Å². The number of carbonyl (C=O) groups excluding carboxylic acids is 1. The van der Waals surface area contributed by atoms with Crippen molar-refractivity contribution >= 4 is 16.7 Å². The molecule has 0 aliphatic heterocycles. The average Bonchev–Trinajstić information content (AvgIpc) is 2.74. The highest BCUT2D eigenvalue weighted by atomic mass is 16.5. The van der Waals surface area contributed by atoms with Crippen LogP contribution in [0.4, 0.5) is 0 Å². The van der Waals surface area contributed by atoms with E-state index in [0.717, 1.165) is 22.1 Å². The maximum atomic E-state index is 12.6. The van der Waals surface area contributed by atoms with Gasteiger partial charge in [-0.3, -0.25) is 4.79 Å². The van der Waals surface area contributed by atoms with Gasteiger partial charge in [-0.05, 0) is 46.4 Å². The largest absolute Gasteiger partial charge is 0.491 e. The Hall–Kier alpha value is -3.01. The fourth-order valence-electron chi connectivity index (χ4n) is 3.39. The molecule has 0 unspecified atom stereocenters. The molecule has 0 radical (unpaired) electrons. The second kappa shape index (κ2) is 9.66. The third kappa shape index (κ3) is 5.53. The topological polar surface area (TPSA) is 47.6 Å². The lowest BCUT2D eigenvalue weighted by atomic mass is 9.86. The maximum absolute atomic E-state index is 12.6. The zero-order valence-electron chi connectivity index (χ0n) is 18.3. The second-order valence-electron chi connectivity index (χ2n) is 8.41. The Bertz CT molecular complexity index is 991. The number of hydrogen-bond donors (Lipinski definition) is 1. The summed E-state index contributed by atoms with van der Waals surface area (Å²) in [5, 5.41) is 5.17. The van der Waals surface area contributed by atoms with Crippen LogP contribution in [0, 0.1) is 0 Å². The van der Waals surface area contributed by atoms with Gasteiger partial charge in [-0.15, -0.1) is 0 Å². The van der Waals surface area contributed by atoms with Crippen LogP contribution in [0.5, 0.6) is 11.5 Å². The number of benzene rings is 3. The van der Waals surface area contributed by atoms with E-state index in [1.807, 2.05) is 61.5 Å². The highest BCUT2D eigenvalue weighted by molar-refractivity contribution is 5.84. The normalized spacial score (nSPS) is 12.4. The molecule has 0 spiro atoms. The third-order valence-electron chi connectivity index (χ3n) is 5.02. The molecule has 0 saturated carbocycles. The van der Waals surface area contributed by atoms with Gasteiger partial charge in [0.2, 0.25) is 0 Å². The van der Waals surface area contributed by atoms with Crippen molar-refractivity contribution in [2.75, 3.05) is 13.2 Å². The molecule has 0 fully saturated rings. The number of rotatable bonds is 8. The Morgan fingerprint density at radius 1 is 0.967 bits per heavy atom. The molecule has 3 rings (SSSR count). The van der Waals surface area contributed by atoms with Crippen molar-refractivity contribution in [2.24, 2.45) is 0 Å². The average molecular weight is 406 g/mol. The van der Waals surface area contributed by atoms with Crippen molar-refractivity contribution in [3.8, 4) is 11.5 Å². The lowest BCUT2D eigenvalue weighted by Gasteiger charge is -2.23. The van der Waals surface area contributed by atoms with Crippen LogP contribution in [0.2, 0.25) is 0 Å². The van der Waals surface area contributed by atoms with E-state index in [2.05, 4.69) is 38.2 Å². The van der Waals surface area contributed by atoms with Crippen LogP contribution >= 0.6 is 0 Å². The Morgan fingerprint density at radius 3 is 2.40 bits per heavy atom. The second-order valence-corrected chi connectivity index (χ2v) is 8.41. The number of ether oxygens (including phenoxy) is 2.